The van der Waals surface area contributed by atoms with Crippen LogP contribution in [-0.2, 0) is 4.74 Å². The lowest BCUT2D eigenvalue weighted by molar-refractivity contribution is 0.0147. The van der Waals surface area contributed by atoms with Crippen molar-refractivity contribution in [2.24, 2.45) is 23.0 Å². The first kappa shape index (κ1) is 14.3. The third-order valence-corrected chi connectivity index (χ3v) is 4.89. The van der Waals surface area contributed by atoms with Crippen molar-refractivity contribution >= 4 is 0 Å². The van der Waals surface area contributed by atoms with Gasteiger partial charge in [0, 0.05) is 25.7 Å². The molecule has 2 rings (SSSR count). The Balaban J connectivity index is 1.93. The molecule has 0 saturated carbocycles. The molecule has 0 aliphatic carbocycles. The van der Waals surface area contributed by atoms with E-state index in [9.17, 15) is 0 Å². The van der Waals surface area contributed by atoms with Crippen LogP contribution in [0.5, 0.6) is 0 Å². The van der Waals surface area contributed by atoms with E-state index < -0.39 is 0 Å². The predicted octanol–water partition coefficient (Wildman–Crippen LogP) is 2.11. The molecule has 0 aromatic heterocycles. The van der Waals surface area contributed by atoms with Crippen molar-refractivity contribution in [1.29, 1.82) is 0 Å². The molecule has 3 unspecified atom stereocenters. The monoisotopic (exact) mass is 254 g/mol. The minimum atomic E-state index is 0.428. The highest BCUT2D eigenvalue weighted by Crippen LogP contribution is 2.35. The second-order valence-corrected chi connectivity index (χ2v) is 7.13. The summed E-state index contributed by atoms with van der Waals surface area (Å²) in [5.74, 6) is 1.47. The molecule has 2 aliphatic rings. The van der Waals surface area contributed by atoms with E-state index in [-0.39, 0.29) is 0 Å². The summed E-state index contributed by atoms with van der Waals surface area (Å²) in [6.45, 7) is 12.2. The fourth-order valence-electron chi connectivity index (χ4n) is 3.50. The van der Waals surface area contributed by atoms with Gasteiger partial charge in [0.1, 0.15) is 0 Å². The van der Waals surface area contributed by atoms with Gasteiger partial charge >= 0.3 is 0 Å². The summed E-state index contributed by atoms with van der Waals surface area (Å²) in [6.07, 6.45) is 3.82. The normalized spacial score (nSPS) is 32.7. The van der Waals surface area contributed by atoms with E-state index in [4.69, 9.17) is 10.5 Å². The maximum absolute atomic E-state index is 6.04. The number of hydrogen-bond acceptors (Lipinski definition) is 3. The molecular weight excluding hydrogens is 224 g/mol. The fourth-order valence-corrected chi connectivity index (χ4v) is 3.50. The van der Waals surface area contributed by atoms with E-state index in [1.54, 1.807) is 0 Å². The Morgan fingerprint density at radius 1 is 1.33 bits per heavy atom. The summed E-state index contributed by atoms with van der Waals surface area (Å²) < 4.78 is 5.64. The van der Waals surface area contributed by atoms with Crippen LogP contribution in [0, 0.1) is 17.3 Å². The van der Waals surface area contributed by atoms with Gasteiger partial charge in [0.05, 0.1) is 6.61 Å². The first-order chi connectivity index (χ1) is 8.52. The number of hydrogen-bond donors (Lipinski definition) is 1. The highest BCUT2D eigenvalue weighted by atomic mass is 16.5. The maximum atomic E-state index is 6.04. The number of ether oxygens (including phenoxy) is 1. The second kappa shape index (κ2) is 5.89. The van der Waals surface area contributed by atoms with Crippen molar-refractivity contribution in [2.45, 2.75) is 46.1 Å². The van der Waals surface area contributed by atoms with Crippen LogP contribution in [0.2, 0.25) is 0 Å². The van der Waals surface area contributed by atoms with E-state index in [1.165, 1.54) is 32.4 Å². The molecule has 2 aliphatic heterocycles. The summed E-state index contributed by atoms with van der Waals surface area (Å²) in [6, 6.07) is 0.539. The van der Waals surface area contributed by atoms with Crippen LogP contribution in [-0.4, -0.2) is 43.8 Å². The van der Waals surface area contributed by atoms with E-state index in [1.807, 2.05) is 0 Å². The Morgan fingerprint density at radius 3 is 2.61 bits per heavy atom. The molecule has 2 N–H and O–H groups in total. The van der Waals surface area contributed by atoms with Crippen LogP contribution in [0.15, 0.2) is 0 Å². The molecule has 2 heterocycles. The minimum Gasteiger partial charge on any atom is -0.381 e. The number of rotatable bonds is 3. The van der Waals surface area contributed by atoms with Gasteiger partial charge in [-0.25, -0.2) is 0 Å². The summed E-state index contributed by atoms with van der Waals surface area (Å²) in [5, 5.41) is 0. The first-order valence-electron chi connectivity index (χ1n) is 7.54. The van der Waals surface area contributed by atoms with Crippen LogP contribution >= 0.6 is 0 Å². The molecule has 0 radical (unpaired) electrons. The number of likely N-dealkylation sites (tertiary alicyclic amines) is 1. The zero-order valence-corrected chi connectivity index (χ0v) is 12.3. The van der Waals surface area contributed by atoms with Crippen molar-refractivity contribution in [3.05, 3.63) is 0 Å². The van der Waals surface area contributed by atoms with Gasteiger partial charge in [0.2, 0.25) is 0 Å². The van der Waals surface area contributed by atoms with Crippen LogP contribution in [0.25, 0.3) is 0 Å². The molecule has 18 heavy (non-hydrogen) atoms. The summed E-state index contributed by atoms with van der Waals surface area (Å²) >= 11 is 0. The molecule has 0 spiro atoms. The third kappa shape index (κ3) is 3.25. The van der Waals surface area contributed by atoms with Crippen molar-refractivity contribution in [3.8, 4) is 0 Å². The van der Waals surface area contributed by atoms with E-state index in [0.29, 0.717) is 17.4 Å². The zero-order chi connectivity index (χ0) is 13.2. The van der Waals surface area contributed by atoms with Gasteiger partial charge in [-0.05, 0) is 43.1 Å². The first-order valence-corrected chi connectivity index (χ1v) is 7.54. The summed E-state index contributed by atoms with van der Waals surface area (Å²) in [5.41, 5.74) is 6.47. The smallest absolute Gasteiger partial charge is 0.0509 e. The zero-order valence-electron chi connectivity index (χ0n) is 12.3. The van der Waals surface area contributed by atoms with Crippen molar-refractivity contribution in [2.75, 3.05) is 32.8 Å². The van der Waals surface area contributed by atoms with Crippen molar-refractivity contribution in [3.63, 3.8) is 0 Å². The lowest BCUT2D eigenvalue weighted by Crippen LogP contribution is -2.47. The quantitative estimate of drug-likeness (QED) is 0.838. The third-order valence-electron chi connectivity index (χ3n) is 4.89. The molecule has 0 aromatic rings. The molecule has 106 valence electrons. The van der Waals surface area contributed by atoms with Gasteiger partial charge in [-0.15, -0.1) is 0 Å². The average Bonchev–Trinajstić information content (AvgIpc) is 2.81. The molecular formula is C15H30N2O. The highest BCUT2D eigenvalue weighted by molar-refractivity contribution is 4.90. The van der Waals surface area contributed by atoms with Crippen LogP contribution < -0.4 is 5.73 Å². The SMILES string of the molecule is CC(C)(C)C1CCN(C(CN)C2CCCOC2)C1. The number of nitrogens with zero attached hydrogens (tertiary/aromatic N) is 1. The summed E-state index contributed by atoms with van der Waals surface area (Å²) in [4.78, 5) is 2.63. The predicted molar refractivity (Wildman–Crippen MR) is 75.5 cm³/mol. The average molecular weight is 254 g/mol. The molecule has 2 fully saturated rings. The molecule has 3 nitrogen and oxygen atoms in total. The van der Waals surface area contributed by atoms with E-state index in [0.717, 1.165) is 25.7 Å². The Hall–Kier alpha value is -0.120. The van der Waals surface area contributed by atoms with Crippen molar-refractivity contribution in [1.82, 2.24) is 4.90 Å². The van der Waals surface area contributed by atoms with Gasteiger partial charge < -0.3 is 10.5 Å². The summed E-state index contributed by atoms with van der Waals surface area (Å²) in [7, 11) is 0. The van der Waals surface area contributed by atoms with Gasteiger partial charge in [-0.3, -0.25) is 4.90 Å². The number of nitrogens with two attached hydrogens (primary N) is 1. The Kier molecular flexibility index (Phi) is 4.68. The lowest BCUT2D eigenvalue weighted by atomic mass is 9.80. The molecule has 0 aromatic carbocycles. The highest BCUT2D eigenvalue weighted by Gasteiger charge is 2.37. The molecule has 3 atom stereocenters. The molecule has 2 saturated heterocycles. The lowest BCUT2D eigenvalue weighted by Gasteiger charge is -2.36. The van der Waals surface area contributed by atoms with Gasteiger partial charge in [0.25, 0.3) is 0 Å². The van der Waals surface area contributed by atoms with Crippen LogP contribution in [0.3, 0.4) is 0 Å². The topological polar surface area (TPSA) is 38.5 Å². The van der Waals surface area contributed by atoms with Gasteiger partial charge in [-0.2, -0.15) is 0 Å². The van der Waals surface area contributed by atoms with Crippen LogP contribution in [0.1, 0.15) is 40.0 Å². The van der Waals surface area contributed by atoms with E-state index in [2.05, 4.69) is 25.7 Å². The second-order valence-electron chi connectivity index (χ2n) is 7.13. The minimum absolute atomic E-state index is 0.428. The fraction of sp³-hybridized carbons (Fsp3) is 1.00. The Labute approximate surface area is 112 Å². The van der Waals surface area contributed by atoms with Gasteiger partial charge in [-0.1, -0.05) is 20.8 Å². The standard InChI is InChI=1S/C15H30N2O/c1-15(2,3)13-6-7-17(10-13)14(9-16)12-5-4-8-18-11-12/h12-14H,4-11,16H2,1-3H3. The molecule has 0 bridgehead atoms. The molecule has 3 heteroatoms. The molecule has 0 amide bonds. The maximum Gasteiger partial charge on any atom is 0.0509 e. The van der Waals surface area contributed by atoms with Crippen LogP contribution in [0.4, 0.5) is 0 Å². The van der Waals surface area contributed by atoms with Crippen molar-refractivity contribution < 1.29 is 4.74 Å². The largest absolute Gasteiger partial charge is 0.381 e. The van der Waals surface area contributed by atoms with Gasteiger partial charge in [0.15, 0.2) is 0 Å². The Morgan fingerprint density at radius 2 is 2.11 bits per heavy atom. The Bertz CT molecular complexity index is 256. The van der Waals surface area contributed by atoms with E-state index >= 15 is 0 Å².